The highest BCUT2D eigenvalue weighted by atomic mass is 15.2. The Balaban J connectivity index is 2.25. The zero-order chi connectivity index (χ0) is 12.3. The fourth-order valence-corrected chi connectivity index (χ4v) is 2.74. The number of hydrogen-bond donors (Lipinski definition) is 1. The average molecular weight is 233 g/mol. The van der Waals surface area contributed by atoms with E-state index < -0.39 is 0 Å². The largest absolute Gasteiger partial charge is 0.314 e. The van der Waals surface area contributed by atoms with Gasteiger partial charge in [-0.25, -0.2) is 0 Å². The molecule has 0 radical (unpaired) electrons. The lowest BCUT2D eigenvalue weighted by Gasteiger charge is -2.42. The second-order valence-electron chi connectivity index (χ2n) is 5.84. The molecule has 1 aromatic heterocycles. The third-order valence-electron chi connectivity index (χ3n) is 3.34. The van der Waals surface area contributed by atoms with Crippen molar-refractivity contribution in [3.05, 3.63) is 30.1 Å². The monoisotopic (exact) mass is 233 g/mol. The van der Waals surface area contributed by atoms with Gasteiger partial charge in [0.1, 0.15) is 0 Å². The van der Waals surface area contributed by atoms with Crippen molar-refractivity contribution in [3.8, 4) is 0 Å². The van der Waals surface area contributed by atoms with Crippen molar-refractivity contribution in [1.29, 1.82) is 0 Å². The first kappa shape index (κ1) is 12.5. The maximum absolute atomic E-state index is 4.27. The van der Waals surface area contributed by atoms with Gasteiger partial charge in [0.15, 0.2) is 0 Å². The minimum atomic E-state index is 0.236. The Morgan fingerprint density at radius 3 is 2.53 bits per heavy atom. The number of aromatic nitrogens is 1. The van der Waals surface area contributed by atoms with E-state index in [1.165, 1.54) is 5.56 Å². The van der Waals surface area contributed by atoms with Crippen LogP contribution >= 0.6 is 0 Å². The molecule has 0 saturated carbocycles. The number of rotatable bonds is 2. The molecule has 3 nitrogen and oxygen atoms in total. The Labute approximate surface area is 104 Å². The fourth-order valence-electron chi connectivity index (χ4n) is 2.74. The van der Waals surface area contributed by atoms with E-state index >= 15 is 0 Å². The third-order valence-corrected chi connectivity index (χ3v) is 3.34. The van der Waals surface area contributed by atoms with E-state index in [1.807, 2.05) is 18.5 Å². The van der Waals surface area contributed by atoms with E-state index in [9.17, 15) is 0 Å². The lowest BCUT2D eigenvalue weighted by atomic mass is 9.81. The molecule has 1 aliphatic rings. The van der Waals surface area contributed by atoms with Crippen LogP contribution in [0.15, 0.2) is 24.5 Å². The highest BCUT2D eigenvalue weighted by Gasteiger charge is 2.32. The molecule has 1 atom stereocenters. The first-order valence-electron chi connectivity index (χ1n) is 6.44. The number of hydrogen-bond acceptors (Lipinski definition) is 3. The summed E-state index contributed by atoms with van der Waals surface area (Å²) in [6.07, 6.45) is 3.86. The first-order valence-corrected chi connectivity index (χ1v) is 6.44. The van der Waals surface area contributed by atoms with E-state index in [0.29, 0.717) is 6.04 Å². The van der Waals surface area contributed by atoms with E-state index in [4.69, 9.17) is 0 Å². The van der Waals surface area contributed by atoms with Gasteiger partial charge in [0.25, 0.3) is 0 Å². The summed E-state index contributed by atoms with van der Waals surface area (Å²) in [5.41, 5.74) is 1.57. The zero-order valence-electron chi connectivity index (χ0n) is 11.1. The molecule has 0 bridgehead atoms. The maximum Gasteiger partial charge on any atom is 0.0412 e. The van der Waals surface area contributed by atoms with Gasteiger partial charge in [-0.15, -0.1) is 0 Å². The summed E-state index contributed by atoms with van der Waals surface area (Å²) < 4.78 is 0. The summed E-state index contributed by atoms with van der Waals surface area (Å²) in [5.74, 6) is 0. The third kappa shape index (κ3) is 3.05. The highest BCUT2D eigenvalue weighted by molar-refractivity contribution is 5.17. The van der Waals surface area contributed by atoms with Gasteiger partial charge in [0, 0.05) is 44.6 Å². The Morgan fingerprint density at radius 1 is 1.29 bits per heavy atom. The fraction of sp³-hybridized carbons (Fsp3) is 0.643. The Morgan fingerprint density at radius 2 is 2.00 bits per heavy atom. The molecule has 2 heterocycles. The van der Waals surface area contributed by atoms with E-state index in [0.717, 1.165) is 26.2 Å². The van der Waals surface area contributed by atoms with Gasteiger partial charge in [-0.05, 0) is 17.0 Å². The molecular formula is C14H23N3. The molecule has 2 rings (SSSR count). The van der Waals surface area contributed by atoms with Crippen molar-refractivity contribution in [3.63, 3.8) is 0 Å². The van der Waals surface area contributed by atoms with Gasteiger partial charge in [0.05, 0.1) is 0 Å². The van der Waals surface area contributed by atoms with Gasteiger partial charge < -0.3 is 5.32 Å². The molecule has 1 fully saturated rings. The minimum Gasteiger partial charge on any atom is -0.314 e. The quantitative estimate of drug-likeness (QED) is 0.847. The molecule has 94 valence electrons. The van der Waals surface area contributed by atoms with Crippen LogP contribution in [0.2, 0.25) is 0 Å². The van der Waals surface area contributed by atoms with Crippen LogP contribution in [0.1, 0.15) is 32.4 Å². The molecule has 0 spiro atoms. The minimum absolute atomic E-state index is 0.236. The summed E-state index contributed by atoms with van der Waals surface area (Å²) in [6.45, 7) is 11.4. The van der Waals surface area contributed by atoms with E-state index in [1.54, 1.807) is 0 Å². The summed E-state index contributed by atoms with van der Waals surface area (Å²) in [7, 11) is 0. The van der Waals surface area contributed by atoms with Crippen LogP contribution in [-0.2, 0) is 0 Å². The summed E-state index contributed by atoms with van der Waals surface area (Å²) >= 11 is 0. The molecule has 1 aliphatic heterocycles. The molecule has 1 saturated heterocycles. The van der Waals surface area contributed by atoms with Crippen molar-refractivity contribution in [2.75, 3.05) is 26.2 Å². The number of nitrogens with one attached hydrogen (secondary N) is 1. The van der Waals surface area contributed by atoms with Gasteiger partial charge in [-0.1, -0.05) is 26.8 Å². The second-order valence-corrected chi connectivity index (χ2v) is 5.84. The average Bonchev–Trinajstić information content (AvgIpc) is 2.30. The number of pyridine rings is 1. The van der Waals surface area contributed by atoms with Gasteiger partial charge in [-0.2, -0.15) is 0 Å². The van der Waals surface area contributed by atoms with Crippen LogP contribution in [0.3, 0.4) is 0 Å². The standard InChI is InChI=1S/C14H23N3/c1-14(2,3)13(12-5-4-6-16-11-12)17-9-7-15-8-10-17/h4-6,11,13,15H,7-10H2,1-3H3/t13-/m1/s1. The molecule has 0 aliphatic carbocycles. The lowest BCUT2D eigenvalue weighted by molar-refractivity contribution is 0.0860. The van der Waals surface area contributed by atoms with Crippen molar-refractivity contribution in [1.82, 2.24) is 15.2 Å². The Kier molecular flexibility index (Phi) is 3.79. The normalized spacial score (nSPS) is 20.2. The van der Waals surface area contributed by atoms with Crippen molar-refractivity contribution in [2.24, 2.45) is 5.41 Å². The lowest BCUT2D eigenvalue weighted by Crippen LogP contribution is -2.48. The smallest absolute Gasteiger partial charge is 0.0412 e. The van der Waals surface area contributed by atoms with Gasteiger partial charge in [0.2, 0.25) is 0 Å². The predicted molar refractivity (Wildman–Crippen MR) is 70.9 cm³/mol. The molecule has 0 unspecified atom stereocenters. The Bertz CT molecular complexity index is 336. The summed E-state index contributed by atoms with van der Waals surface area (Å²) in [5, 5.41) is 3.42. The molecule has 0 amide bonds. The topological polar surface area (TPSA) is 28.2 Å². The highest BCUT2D eigenvalue weighted by Crippen LogP contribution is 2.37. The van der Waals surface area contributed by atoms with Crippen LogP contribution in [-0.4, -0.2) is 36.1 Å². The first-order chi connectivity index (χ1) is 8.09. The van der Waals surface area contributed by atoms with Crippen LogP contribution in [0.25, 0.3) is 0 Å². The van der Waals surface area contributed by atoms with Gasteiger partial charge in [-0.3, -0.25) is 9.88 Å². The van der Waals surface area contributed by atoms with E-state index in [2.05, 4.69) is 42.0 Å². The number of nitrogens with zero attached hydrogens (tertiary/aromatic N) is 2. The second kappa shape index (κ2) is 5.15. The van der Waals surface area contributed by atoms with Crippen molar-refractivity contribution < 1.29 is 0 Å². The van der Waals surface area contributed by atoms with Crippen molar-refractivity contribution >= 4 is 0 Å². The predicted octanol–water partition coefficient (Wildman–Crippen LogP) is 2.07. The van der Waals surface area contributed by atoms with Crippen LogP contribution in [0.4, 0.5) is 0 Å². The molecular weight excluding hydrogens is 210 g/mol. The van der Waals surface area contributed by atoms with Gasteiger partial charge >= 0.3 is 0 Å². The van der Waals surface area contributed by atoms with Crippen molar-refractivity contribution in [2.45, 2.75) is 26.8 Å². The van der Waals surface area contributed by atoms with Crippen LogP contribution in [0.5, 0.6) is 0 Å². The molecule has 3 heteroatoms. The summed E-state index contributed by atoms with van der Waals surface area (Å²) in [4.78, 5) is 6.85. The SMILES string of the molecule is CC(C)(C)[C@@H](c1cccnc1)N1CCNCC1. The van der Waals surface area contributed by atoms with Crippen LogP contribution in [0, 0.1) is 5.41 Å². The molecule has 0 aromatic carbocycles. The van der Waals surface area contributed by atoms with Crippen LogP contribution < -0.4 is 5.32 Å². The number of piperazine rings is 1. The maximum atomic E-state index is 4.27. The van der Waals surface area contributed by atoms with E-state index in [-0.39, 0.29) is 5.41 Å². The Hall–Kier alpha value is -0.930. The zero-order valence-corrected chi connectivity index (χ0v) is 11.1. The molecule has 1 N–H and O–H groups in total. The summed E-state index contributed by atoms with van der Waals surface area (Å²) in [6, 6.07) is 4.69. The molecule has 1 aromatic rings. The molecule has 17 heavy (non-hydrogen) atoms.